The van der Waals surface area contributed by atoms with Crippen LogP contribution in [0.5, 0.6) is 0 Å². The largest absolute Gasteiger partial charge is 0.478 e. The van der Waals surface area contributed by atoms with Gasteiger partial charge in [0.15, 0.2) is 0 Å². The fourth-order valence-electron chi connectivity index (χ4n) is 2.07. The number of aromatic carboxylic acids is 1. The lowest BCUT2D eigenvalue weighted by Crippen LogP contribution is -2.04. The predicted molar refractivity (Wildman–Crippen MR) is 85.3 cm³/mol. The molecule has 2 rings (SSSR count). The molecule has 2 aromatic rings. The quantitative estimate of drug-likeness (QED) is 0.691. The van der Waals surface area contributed by atoms with Crippen LogP contribution in [0.3, 0.4) is 0 Å². The zero-order valence-corrected chi connectivity index (χ0v) is 14.9. The molecule has 0 atom stereocenters. The van der Waals surface area contributed by atoms with Gasteiger partial charge in [-0.05, 0) is 63.9 Å². The molecule has 1 aromatic heterocycles. The van der Waals surface area contributed by atoms with Crippen molar-refractivity contribution in [3.8, 4) is 5.69 Å². The van der Waals surface area contributed by atoms with Gasteiger partial charge in [-0.15, -0.1) is 0 Å². The number of nitrogens with zero attached hydrogens (tertiary/aromatic N) is 1. The maximum Gasteiger partial charge on any atom is 0.337 e. The van der Waals surface area contributed by atoms with E-state index in [1.165, 1.54) is 0 Å². The zero-order chi connectivity index (χ0) is 14.3. The van der Waals surface area contributed by atoms with Crippen LogP contribution in [0.4, 0.5) is 0 Å². The van der Waals surface area contributed by atoms with Gasteiger partial charge in [0.1, 0.15) is 0 Å². The van der Waals surface area contributed by atoms with Crippen molar-refractivity contribution in [3.05, 3.63) is 48.6 Å². The second-order valence-corrected chi connectivity index (χ2v) is 6.77. The first-order valence-electron chi connectivity index (χ1n) is 5.40. The van der Waals surface area contributed by atoms with Gasteiger partial charge in [-0.1, -0.05) is 15.9 Å². The Hall–Kier alpha value is -0.590. The first-order valence-corrected chi connectivity index (χ1v) is 7.78. The van der Waals surface area contributed by atoms with Crippen LogP contribution in [0.2, 0.25) is 0 Å². The minimum absolute atomic E-state index is 0.319. The lowest BCUT2D eigenvalue weighted by atomic mass is 10.2. The van der Waals surface area contributed by atoms with E-state index in [9.17, 15) is 9.90 Å². The molecule has 0 aliphatic rings. The smallest absolute Gasteiger partial charge is 0.337 e. The Balaban J connectivity index is 2.77. The molecule has 0 radical (unpaired) electrons. The van der Waals surface area contributed by atoms with Crippen LogP contribution < -0.4 is 0 Å². The summed E-state index contributed by atoms with van der Waals surface area (Å²) < 4.78 is 4.63. The maximum absolute atomic E-state index is 11.2. The van der Waals surface area contributed by atoms with Crippen molar-refractivity contribution in [3.63, 3.8) is 0 Å². The van der Waals surface area contributed by atoms with Crippen LogP contribution in [-0.2, 0) is 0 Å². The number of hydrogen-bond donors (Lipinski definition) is 1. The van der Waals surface area contributed by atoms with Crippen molar-refractivity contribution in [2.45, 2.75) is 13.8 Å². The van der Waals surface area contributed by atoms with E-state index in [-0.39, 0.29) is 0 Å². The van der Waals surface area contributed by atoms with Crippen LogP contribution in [0, 0.1) is 13.8 Å². The molecule has 1 aromatic carbocycles. The summed E-state index contributed by atoms with van der Waals surface area (Å²) in [5, 5.41) is 9.19. The normalized spacial score (nSPS) is 10.8. The highest BCUT2D eigenvalue weighted by Crippen LogP contribution is 2.35. The number of halogens is 3. The number of benzene rings is 1. The molecular formula is C13H10Br3NO2. The van der Waals surface area contributed by atoms with E-state index in [0.717, 1.165) is 24.8 Å². The Bertz CT molecular complexity index is 654. The Kier molecular flexibility index (Phi) is 4.23. The topological polar surface area (TPSA) is 42.2 Å². The number of carboxylic acid groups (broad SMARTS) is 1. The van der Waals surface area contributed by atoms with Crippen molar-refractivity contribution in [2.75, 3.05) is 0 Å². The van der Waals surface area contributed by atoms with E-state index in [0.29, 0.717) is 11.3 Å². The van der Waals surface area contributed by atoms with E-state index in [4.69, 9.17) is 0 Å². The number of rotatable bonds is 2. The first-order chi connectivity index (χ1) is 8.82. The Morgan fingerprint density at radius 2 is 1.63 bits per heavy atom. The van der Waals surface area contributed by atoms with Crippen LogP contribution in [0.25, 0.3) is 5.69 Å². The highest BCUT2D eigenvalue weighted by atomic mass is 79.9. The second kappa shape index (κ2) is 5.42. The van der Waals surface area contributed by atoms with Gasteiger partial charge in [0, 0.05) is 24.8 Å². The monoisotopic (exact) mass is 449 g/mol. The molecule has 0 saturated carbocycles. The summed E-state index contributed by atoms with van der Waals surface area (Å²) in [7, 11) is 0. The molecule has 1 heterocycles. The van der Waals surface area contributed by atoms with Crippen molar-refractivity contribution in [1.82, 2.24) is 4.57 Å². The van der Waals surface area contributed by atoms with Gasteiger partial charge < -0.3 is 9.67 Å². The molecule has 3 nitrogen and oxygen atoms in total. The summed E-state index contributed by atoms with van der Waals surface area (Å²) in [4.78, 5) is 11.2. The standard InChI is InChI=1S/C13H10Br3NO2/c1-6-3-9(13(18)19)7(2)17(6)12-10(15)4-8(14)5-11(12)16/h3-5H,1-2H3,(H,18,19). The minimum Gasteiger partial charge on any atom is -0.478 e. The molecule has 0 spiro atoms. The van der Waals surface area contributed by atoms with Crippen molar-refractivity contribution >= 4 is 53.8 Å². The number of aromatic nitrogens is 1. The second-order valence-electron chi connectivity index (χ2n) is 4.14. The Labute approximate surface area is 136 Å². The SMILES string of the molecule is Cc1cc(C(=O)O)c(C)n1-c1c(Br)cc(Br)cc1Br. The summed E-state index contributed by atoms with van der Waals surface area (Å²) in [5.41, 5.74) is 2.79. The van der Waals surface area contributed by atoms with E-state index >= 15 is 0 Å². The van der Waals surface area contributed by atoms with Gasteiger partial charge in [-0.2, -0.15) is 0 Å². The molecule has 0 bridgehead atoms. The number of carbonyl (C=O) groups is 1. The molecule has 0 aliphatic heterocycles. The summed E-state index contributed by atoms with van der Waals surface area (Å²) in [5.74, 6) is -0.913. The summed E-state index contributed by atoms with van der Waals surface area (Å²) >= 11 is 10.5. The Morgan fingerprint density at radius 3 is 2.05 bits per heavy atom. The number of hydrogen-bond acceptors (Lipinski definition) is 1. The van der Waals surface area contributed by atoms with Crippen molar-refractivity contribution in [1.29, 1.82) is 0 Å². The molecule has 0 amide bonds. The summed E-state index contributed by atoms with van der Waals surface area (Å²) in [6.07, 6.45) is 0. The molecule has 1 N–H and O–H groups in total. The van der Waals surface area contributed by atoms with Crippen molar-refractivity contribution in [2.24, 2.45) is 0 Å². The summed E-state index contributed by atoms with van der Waals surface area (Å²) in [6, 6.07) is 5.54. The molecule has 0 aliphatic carbocycles. The molecule has 0 unspecified atom stereocenters. The average molecular weight is 452 g/mol. The van der Waals surface area contributed by atoms with E-state index in [1.54, 1.807) is 13.0 Å². The molecule has 19 heavy (non-hydrogen) atoms. The molecule has 100 valence electrons. The van der Waals surface area contributed by atoms with Crippen LogP contribution in [0.1, 0.15) is 21.7 Å². The van der Waals surface area contributed by atoms with Gasteiger partial charge in [0.2, 0.25) is 0 Å². The highest BCUT2D eigenvalue weighted by Gasteiger charge is 2.19. The van der Waals surface area contributed by atoms with E-state index < -0.39 is 5.97 Å². The predicted octanol–water partition coefficient (Wildman–Crippen LogP) is 5.08. The average Bonchev–Trinajstić information content (AvgIpc) is 2.55. The van der Waals surface area contributed by atoms with Crippen LogP contribution in [0.15, 0.2) is 31.6 Å². The molecule has 0 saturated heterocycles. The van der Waals surface area contributed by atoms with Gasteiger partial charge in [-0.3, -0.25) is 0 Å². The van der Waals surface area contributed by atoms with E-state index in [2.05, 4.69) is 47.8 Å². The van der Waals surface area contributed by atoms with Gasteiger partial charge in [0.25, 0.3) is 0 Å². The van der Waals surface area contributed by atoms with Gasteiger partial charge in [-0.25, -0.2) is 4.79 Å². The third-order valence-corrected chi connectivity index (χ3v) is 4.53. The first kappa shape index (κ1) is 14.8. The number of carboxylic acids is 1. The van der Waals surface area contributed by atoms with E-state index in [1.807, 2.05) is 23.6 Å². The van der Waals surface area contributed by atoms with Crippen LogP contribution in [-0.4, -0.2) is 15.6 Å². The summed E-state index contributed by atoms with van der Waals surface area (Å²) in [6.45, 7) is 3.69. The van der Waals surface area contributed by atoms with Crippen LogP contribution >= 0.6 is 47.8 Å². The van der Waals surface area contributed by atoms with Gasteiger partial charge >= 0.3 is 5.97 Å². The molecule has 6 heteroatoms. The molecule has 0 fully saturated rings. The zero-order valence-electron chi connectivity index (χ0n) is 10.2. The fraction of sp³-hybridized carbons (Fsp3) is 0.154. The third-order valence-electron chi connectivity index (χ3n) is 2.87. The third kappa shape index (κ3) is 2.66. The highest BCUT2D eigenvalue weighted by molar-refractivity contribution is 9.11. The number of aryl methyl sites for hydroxylation is 1. The Morgan fingerprint density at radius 1 is 1.11 bits per heavy atom. The lowest BCUT2D eigenvalue weighted by Gasteiger charge is -2.14. The molecular weight excluding hydrogens is 442 g/mol. The minimum atomic E-state index is -0.913. The fourth-order valence-corrected chi connectivity index (χ4v) is 4.68. The van der Waals surface area contributed by atoms with Gasteiger partial charge in [0.05, 0.1) is 11.3 Å². The lowest BCUT2D eigenvalue weighted by molar-refractivity contribution is 0.0696. The maximum atomic E-state index is 11.2. The van der Waals surface area contributed by atoms with Crippen molar-refractivity contribution < 1.29 is 9.90 Å².